The van der Waals surface area contributed by atoms with Crippen LogP contribution in [0, 0.1) is 11.8 Å². The summed E-state index contributed by atoms with van der Waals surface area (Å²) < 4.78 is 39.3. The van der Waals surface area contributed by atoms with E-state index in [0.717, 1.165) is 22.6 Å². The zero-order chi connectivity index (χ0) is 20.1. The molecule has 0 aromatic carbocycles. The average Bonchev–Trinajstić information content (AvgIpc) is 3.25. The molecule has 0 radical (unpaired) electrons. The van der Waals surface area contributed by atoms with Crippen LogP contribution >= 0.6 is 0 Å². The van der Waals surface area contributed by atoms with Gasteiger partial charge in [0.05, 0.1) is 11.8 Å². The Kier molecular flexibility index (Phi) is 4.59. The molecule has 3 rings (SSSR count). The van der Waals surface area contributed by atoms with E-state index in [1.54, 1.807) is 0 Å². The van der Waals surface area contributed by atoms with Gasteiger partial charge in [-0.1, -0.05) is 12.8 Å². The number of alkyl halides is 3. The van der Waals surface area contributed by atoms with Crippen LogP contribution in [0.2, 0.25) is 0 Å². The number of aliphatic carboxylic acids is 1. The van der Waals surface area contributed by atoms with Gasteiger partial charge in [0, 0.05) is 13.1 Å². The molecule has 1 aliphatic carbocycles. The predicted molar refractivity (Wildman–Crippen MR) is 83.3 cm³/mol. The minimum absolute atomic E-state index is 0.454. The molecule has 0 aromatic heterocycles. The van der Waals surface area contributed by atoms with E-state index in [-0.39, 0.29) is 0 Å². The molecule has 1 spiro atoms. The molecule has 11 heteroatoms. The number of rotatable bonds is 3. The van der Waals surface area contributed by atoms with Gasteiger partial charge in [0.1, 0.15) is 11.6 Å². The number of carboxylic acids is 1. The number of likely N-dealkylation sites (tertiary alicyclic amines) is 1. The molecule has 3 aliphatic rings. The lowest BCUT2D eigenvalue weighted by Crippen LogP contribution is -2.50. The maximum absolute atomic E-state index is 13.1. The van der Waals surface area contributed by atoms with Gasteiger partial charge in [-0.05, 0) is 19.8 Å². The number of carboxylic acid groups (broad SMARTS) is 1. The zero-order valence-electron chi connectivity index (χ0n) is 14.6. The average molecular weight is 391 g/mol. The monoisotopic (exact) mass is 391 g/mol. The number of nitrogens with zero attached hydrogens (tertiary/aromatic N) is 2. The largest absolute Gasteiger partial charge is 0.481 e. The van der Waals surface area contributed by atoms with E-state index in [1.165, 1.54) is 6.92 Å². The van der Waals surface area contributed by atoms with Crippen LogP contribution in [0.3, 0.4) is 0 Å². The highest BCUT2D eigenvalue weighted by atomic mass is 19.4. The van der Waals surface area contributed by atoms with Gasteiger partial charge in [0.2, 0.25) is 5.91 Å². The van der Waals surface area contributed by atoms with Crippen molar-refractivity contribution in [3.8, 4) is 0 Å². The number of nitrogens with one attached hydrogen (secondary N) is 1. The molecule has 3 atom stereocenters. The minimum atomic E-state index is -4.77. The van der Waals surface area contributed by atoms with Gasteiger partial charge in [-0.3, -0.25) is 14.4 Å². The Morgan fingerprint density at radius 3 is 2.30 bits per heavy atom. The van der Waals surface area contributed by atoms with Gasteiger partial charge in [-0.2, -0.15) is 13.2 Å². The molecular weight excluding hydrogens is 371 g/mol. The van der Waals surface area contributed by atoms with Crippen LogP contribution in [-0.2, 0) is 14.4 Å². The van der Waals surface area contributed by atoms with Crippen molar-refractivity contribution in [2.24, 2.45) is 11.8 Å². The van der Waals surface area contributed by atoms with Crippen LogP contribution in [0.15, 0.2) is 0 Å². The van der Waals surface area contributed by atoms with E-state index >= 15 is 0 Å². The van der Waals surface area contributed by atoms with Crippen LogP contribution < -0.4 is 5.32 Å². The number of hydrogen-bond donors (Lipinski definition) is 2. The highest BCUT2D eigenvalue weighted by molar-refractivity contribution is 6.10. The van der Waals surface area contributed by atoms with E-state index in [0.29, 0.717) is 12.8 Å². The molecule has 1 unspecified atom stereocenters. The Morgan fingerprint density at radius 1 is 1.22 bits per heavy atom. The molecule has 4 amide bonds. The van der Waals surface area contributed by atoms with Crippen molar-refractivity contribution in [2.45, 2.75) is 50.4 Å². The van der Waals surface area contributed by atoms with Crippen molar-refractivity contribution in [2.75, 3.05) is 13.1 Å². The van der Waals surface area contributed by atoms with Crippen LogP contribution in [0.5, 0.6) is 0 Å². The summed E-state index contributed by atoms with van der Waals surface area (Å²) >= 11 is 0. The summed E-state index contributed by atoms with van der Waals surface area (Å²) in [6.07, 6.45) is -2.36. The Bertz CT molecular complexity index is 689. The Balaban J connectivity index is 1.77. The number of carbonyl (C=O) groups excluding carboxylic acids is 3. The highest BCUT2D eigenvalue weighted by Gasteiger charge is 2.57. The second-order valence-corrected chi connectivity index (χ2v) is 7.41. The van der Waals surface area contributed by atoms with Crippen molar-refractivity contribution in [1.29, 1.82) is 0 Å². The van der Waals surface area contributed by atoms with Gasteiger partial charge < -0.3 is 15.3 Å². The second-order valence-electron chi connectivity index (χ2n) is 7.41. The summed E-state index contributed by atoms with van der Waals surface area (Å²) in [5.41, 5.74) is -1.03. The van der Waals surface area contributed by atoms with E-state index in [9.17, 15) is 32.3 Å². The van der Waals surface area contributed by atoms with Gasteiger partial charge in [-0.25, -0.2) is 9.69 Å². The van der Waals surface area contributed by atoms with Gasteiger partial charge in [0.15, 0.2) is 0 Å². The molecule has 2 saturated heterocycles. The highest BCUT2D eigenvalue weighted by Crippen LogP contribution is 2.39. The summed E-state index contributed by atoms with van der Waals surface area (Å²) in [7, 11) is 0. The summed E-state index contributed by atoms with van der Waals surface area (Å²) in [5.74, 6) is -7.01. The smallest absolute Gasteiger partial charge is 0.394 e. The van der Waals surface area contributed by atoms with Gasteiger partial charge >= 0.3 is 18.2 Å². The molecule has 1 saturated carbocycles. The first-order valence-corrected chi connectivity index (χ1v) is 8.72. The fraction of sp³-hybridized carbons (Fsp3) is 0.750. The van der Waals surface area contributed by atoms with E-state index in [4.69, 9.17) is 5.11 Å². The maximum atomic E-state index is 13.1. The van der Waals surface area contributed by atoms with Crippen molar-refractivity contribution in [3.63, 3.8) is 0 Å². The maximum Gasteiger partial charge on any atom is 0.394 e. The van der Waals surface area contributed by atoms with Gasteiger partial charge in [-0.15, -0.1) is 0 Å². The molecular formula is C16H20F3N3O5. The Morgan fingerprint density at radius 2 is 1.81 bits per heavy atom. The Labute approximate surface area is 152 Å². The first-order valence-electron chi connectivity index (χ1n) is 8.72. The number of amides is 4. The molecule has 0 bridgehead atoms. The summed E-state index contributed by atoms with van der Waals surface area (Å²) in [6, 6.07) is -2.05. The normalized spacial score (nSPS) is 28.7. The van der Waals surface area contributed by atoms with Crippen molar-refractivity contribution < 1.29 is 37.5 Å². The molecule has 2 heterocycles. The first kappa shape index (κ1) is 19.4. The molecule has 2 aliphatic heterocycles. The molecule has 8 nitrogen and oxygen atoms in total. The van der Waals surface area contributed by atoms with Crippen molar-refractivity contribution in [1.82, 2.24) is 15.1 Å². The Hall–Kier alpha value is -2.33. The number of carbonyl (C=O) groups is 4. The number of urea groups is 1. The lowest BCUT2D eigenvalue weighted by molar-refractivity contribution is -0.188. The number of hydrogen-bond acceptors (Lipinski definition) is 4. The third-order valence-electron chi connectivity index (χ3n) is 5.76. The summed E-state index contributed by atoms with van der Waals surface area (Å²) in [4.78, 5) is 50.3. The van der Waals surface area contributed by atoms with Crippen LogP contribution in [0.1, 0.15) is 32.6 Å². The number of halogens is 3. The van der Waals surface area contributed by atoms with Crippen LogP contribution in [0.4, 0.5) is 18.0 Å². The fourth-order valence-electron chi connectivity index (χ4n) is 4.25. The lowest BCUT2D eigenvalue weighted by Gasteiger charge is -2.27. The van der Waals surface area contributed by atoms with Gasteiger partial charge in [0.25, 0.3) is 5.91 Å². The first-order chi connectivity index (χ1) is 12.5. The lowest BCUT2D eigenvalue weighted by atomic mass is 9.96. The van der Waals surface area contributed by atoms with Crippen molar-refractivity contribution >= 4 is 23.8 Å². The van der Waals surface area contributed by atoms with E-state index < -0.39 is 66.5 Å². The quantitative estimate of drug-likeness (QED) is 0.697. The third-order valence-corrected chi connectivity index (χ3v) is 5.76. The third kappa shape index (κ3) is 3.12. The molecule has 0 aromatic rings. The minimum Gasteiger partial charge on any atom is -0.481 e. The molecule has 27 heavy (non-hydrogen) atoms. The van der Waals surface area contributed by atoms with E-state index in [2.05, 4.69) is 5.32 Å². The molecule has 3 fully saturated rings. The van der Waals surface area contributed by atoms with Crippen LogP contribution in [0.25, 0.3) is 0 Å². The molecule has 150 valence electrons. The predicted octanol–water partition coefficient (Wildman–Crippen LogP) is 0.961. The molecule has 2 N–H and O–H groups in total. The summed E-state index contributed by atoms with van der Waals surface area (Å²) in [6.45, 7) is -0.152. The zero-order valence-corrected chi connectivity index (χ0v) is 14.6. The van der Waals surface area contributed by atoms with Crippen molar-refractivity contribution in [3.05, 3.63) is 0 Å². The standard InChI is InChI=1S/C16H20F3N3O5/c1-8(22-13(26)15(20-14(22)27)4-2-3-5-15)11(23)21-6-9(12(24)25)10(7-21)16(17,18)19/h8-10H,2-7H2,1H3,(H,20,27)(H,24,25)/t8?,9-,10-/m1/s1. The fourth-order valence-corrected chi connectivity index (χ4v) is 4.25. The topological polar surface area (TPSA) is 107 Å². The van der Waals surface area contributed by atoms with Crippen LogP contribution in [-0.4, -0.2) is 69.6 Å². The summed E-state index contributed by atoms with van der Waals surface area (Å²) in [5, 5.41) is 11.7. The second kappa shape index (κ2) is 6.38. The number of imide groups is 1. The van der Waals surface area contributed by atoms with E-state index in [1.807, 2.05) is 0 Å². The SMILES string of the molecule is CC(C(=O)N1C[C@@H](C(F)(F)F)[C@H](C(=O)O)C1)N1C(=O)NC2(CCCC2)C1=O.